The zero-order chi connectivity index (χ0) is 23.2. The second-order valence-corrected chi connectivity index (χ2v) is 8.83. The van der Waals surface area contributed by atoms with Crippen LogP contribution in [0.1, 0.15) is 39.2 Å². The highest BCUT2D eigenvalue weighted by Crippen LogP contribution is 2.29. The number of phenolic OH excluding ortho intramolecular Hbond substituents is 1. The summed E-state index contributed by atoms with van der Waals surface area (Å²) in [6.07, 6.45) is 1.09. The first-order valence-corrected chi connectivity index (χ1v) is 10.1. The molecule has 1 aliphatic rings. The summed E-state index contributed by atoms with van der Waals surface area (Å²) in [6.45, 7) is 9.60. The molecule has 0 bridgehead atoms. The highest BCUT2D eigenvalue weighted by atomic mass is 16.6. The van der Waals surface area contributed by atoms with Crippen molar-refractivity contribution in [2.75, 3.05) is 13.2 Å². The molecule has 166 valence electrons. The molecule has 2 rings (SSSR count). The number of hydrogen-bond donors (Lipinski definition) is 1. The normalized spacial score (nSPS) is 18.2. The zero-order valence-electron chi connectivity index (χ0n) is 18.2. The van der Waals surface area contributed by atoms with Gasteiger partial charge < -0.3 is 14.7 Å². The van der Waals surface area contributed by atoms with Crippen LogP contribution in [0.25, 0.3) is 0 Å². The highest BCUT2D eigenvalue weighted by Gasteiger charge is 2.44. The third-order valence-corrected chi connectivity index (χ3v) is 4.96. The van der Waals surface area contributed by atoms with E-state index < -0.39 is 24.0 Å². The molecule has 8 nitrogen and oxygen atoms in total. The number of nitriles is 1. The van der Waals surface area contributed by atoms with Crippen LogP contribution in [0.4, 0.5) is 4.79 Å². The van der Waals surface area contributed by atoms with Gasteiger partial charge in [-0.1, -0.05) is 45.6 Å². The van der Waals surface area contributed by atoms with Gasteiger partial charge in [-0.15, -0.1) is 0 Å². The highest BCUT2D eigenvalue weighted by molar-refractivity contribution is 5.99. The lowest BCUT2D eigenvalue weighted by atomic mass is 9.91. The van der Waals surface area contributed by atoms with Crippen LogP contribution in [0.15, 0.2) is 36.9 Å². The Morgan fingerprint density at radius 2 is 2.10 bits per heavy atom. The number of phenols is 1. The summed E-state index contributed by atoms with van der Waals surface area (Å²) in [6, 6.07) is 6.72. The lowest BCUT2D eigenvalue weighted by Crippen LogP contribution is -2.44. The van der Waals surface area contributed by atoms with E-state index in [1.807, 2.05) is 20.8 Å². The molecular formula is C23H29N3O5. The van der Waals surface area contributed by atoms with Gasteiger partial charge in [-0.3, -0.25) is 14.5 Å². The minimum atomic E-state index is -0.985. The molecule has 0 spiro atoms. The number of carbonyl (C=O) groups excluding carboxylic acids is 3. The van der Waals surface area contributed by atoms with Crippen LogP contribution in [0.2, 0.25) is 0 Å². The molecule has 31 heavy (non-hydrogen) atoms. The number of ether oxygens (including phenoxy) is 1. The SMILES string of the molecule is C=CCOC(=O)N1CC(N(Cc2cccc(O)c2)C(=O)CC(C)(C)C)CC1C(=O)C#N. The lowest BCUT2D eigenvalue weighted by molar-refractivity contribution is -0.136. The molecule has 0 aromatic heterocycles. The maximum Gasteiger partial charge on any atom is 0.410 e. The molecule has 1 aromatic rings. The fraction of sp³-hybridized carbons (Fsp3) is 0.478. The fourth-order valence-corrected chi connectivity index (χ4v) is 3.61. The minimum absolute atomic E-state index is 0.0244. The Morgan fingerprint density at radius 1 is 1.39 bits per heavy atom. The van der Waals surface area contributed by atoms with E-state index in [0.29, 0.717) is 0 Å². The molecular weight excluding hydrogens is 398 g/mol. The topological polar surface area (TPSA) is 111 Å². The predicted octanol–water partition coefficient (Wildman–Crippen LogP) is 3.02. The maximum atomic E-state index is 13.2. The summed E-state index contributed by atoms with van der Waals surface area (Å²) in [5.74, 6) is -0.803. The smallest absolute Gasteiger partial charge is 0.410 e. The molecule has 2 atom stereocenters. The minimum Gasteiger partial charge on any atom is -0.508 e. The van der Waals surface area contributed by atoms with Crippen molar-refractivity contribution in [1.82, 2.24) is 9.80 Å². The number of Topliss-reactive ketones (excluding diaryl/α,β-unsaturated/α-hetero) is 1. The van der Waals surface area contributed by atoms with Gasteiger partial charge in [-0.25, -0.2) is 4.79 Å². The van der Waals surface area contributed by atoms with E-state index in [1.165, 1.54) is 11.0 Å². The molecule has 2 unspecified atom stereocenters. The third-order valence-electron chi connectivity index (χ3n) is 4.96. The Labute approximate surface area is 182 Å². The number of hydrogen-bond acceptors (Lipinski definition) is 6. The first-order chi connectivity index (χ1) is 14.6. The maximum absolute atomic E-state index is 13.2. The van der Waals surface area contributed by atoms with Crippen LogP contribution in [0.5, 0.6) is 5.75 Å². The Bertz CT molecular complexity index is 884. The Morgan fingerprint density at radius 3 is 2.68 bits per heavy atom. The molecule has 0 aliphatic carbocycles. The summed E-state index contributed by atoms with van der Waals surface area (Å²) < 4.78 is 5.07. The quantitative estimate of drug-likeness (QED) is 0.529. The van der Waals surface area contributed by atoms with Crippen molar-refractivity contribution in [3.63, 3.8) is 0 Å². The van der Waals surface area contributed by atoms with Crippen molar-refractivity contribution in [1.29, 1.82) is 5.26 Å². The van der Waals surface area contributed by atoms with Gasteiger partial charge in [0.05, 0.1) is 6.04 Å². The number of rotatable bonds is 7. The second-order valence-electron chi connectivity index (χ2n) is 8.83. The molecule has 1 heterocycles. The molecule has 1 fully saturated rings. The lowest BCUT2D eigenvalue weighted by Gasteiger charge is -2.32. The molecule has 2 amide bonds. The van der Waals surface area contributed by atoms with Crippen molar-refractivity contribution in [2.45, 2.75) is 52.2 Å². The van der Waals surface area contributed by atoms with E-state index >= 15 is 0 Å². The van der Waals surface area contributed by atoms with E-state index in [0.717, 1.165) is 5.56 Å². The number of aromatic hydroxyl groups is 1. The van der Waals surface area contributed by atoms with Gasteiger partial charge in [-0.05, 0) is 29.5 Å². The molecule has 0 saturated carbocycles. The number of nitrogens with zero attached hydrogens (tertiary/aromatic N) is 3. The summed E-state index contributed by atoms with van der Waals surface area (Å²) in [7, 11) is 0. The summed E-state index contributed by atoms with van der Waals surface area (Å²) in [4.78, 5) is 40.7. The van der Waals surface area contributed by atoms with E-state index in [-0.39, 0.29) is 49.6 Å². The fourth-order valence-electron chi connectivity index (χ4n) is 3.61. The summed E-state index contributed by atoms with van der Waals surface area (Å²) in [5, 5.41) is 18.9. The first kappa shape index (κ1) is 23.9. The summed E-state index contributed by atoms with van der Waals surface area (Å²) >= 11 is 0. The predicted molar refractivity (Wildman–Crippen MR) is 114 cm³/mol. The van der Waals surface area contributed by atoms with E-state index in [1.54, 1.807) is 35.2 Å². The van der Waals surface area contributed by atoms with Gasteiger partial charge in [0.25, 0.3) is 5.78 Å². The monoisotopic (exact) mass is 427 g/mol. The molecule has 1 aromatic carbocycles. The Kier molecular flexibility index (Phi) is 7.81. The molecule has 1 N–H and O–H groups in total. The van der Waals surface area contributed by atoms with Crippen molar-refractivity contribution in [3.05, 3.63) is 42.5 Å². The molecule has 1 saturated heterocycles. The zero-order valence-corrected chi connectivity index (χ0v) is 18.2. The van der Waals surface area contributed by atoms with E-state index in [4.69, 9.17) is 10.00 Å². The van der Waals surface area contributed by atoms with E-state index in [2.05, 4.69) is 6.58 Å². The van der Waals surface area contributed by atoms with Gasteiger partial charge in [0.1, 0.15) is 24.5 Å². The van der Waals surface area contributed by atoms with Crippen LogP contribution in [0, 0.1) is 16.7 Å². The van der Waals surface area contributed by atoms with Gasteiger partial charge >= 0.3 is 6.09 Å². The van der Waals surface area contributed by atoms with Crippen LogP contribution < -0.4 is 0 Å². The summed E-state index contributed by atoms with van der Waals surface area (Å²) in [5.41, 5.74) is 0.454. The molecule has 8 heteroatoms. The third kappa shape index (κ3) is 6.57. The average molecular weight is 428 g/mol. The van der Waals surface area contributed by atoms with Crippen LogP contribution in [-0.4, -0.2) is 57.9 Å². The standard InChI is InChI=1S/C23H29N3O5/c1-5-9-31-22(30)26-15-17(11-19(26)20(28)13-24)25(21(29)12-23(2,3)4)14-16-7-6-8-18(27)10-16/h5-8,10,17,19,27H,1,9,11-12,14-15H2,2-4H3. The van der Waals surface area contributed by atoms with Crippen LogP contribution in [0.3, 0.4) is 0 Å². The number of carbonyl (C=O) groups is 3. The molecule has 1 aliphatic heterocycles. The van der Waals surface area contributed by atoms with Crippen molar-refractivity contribution < 1.29 is 24.2 Å². The number of amides is 2. The average Bonchev–Trinajstić information content (AvgIpc) is 3.13. The van der Waals surface area contributed by atoms with Gasteiger partial charge in [0.15, 0.2) is 0 Å². The second kappa shape index (κ2) is 10.1. The number of benzene rings is 1. The van der Waals surface area contributed by atoms with Crippen molar-refractivity contribution >= 4 is 17.8 Å². The van der Waals surface area contributed by atoms with Crippen LogP contribution >= 0.6 is 0 Å². The first-order valence-electron chi connectivity index (χ1n) is 10.1. The number of likely N-dealkylation sites (tertiary alicyclic amines) is 1. The largest absolute Gasteiger partial charge is 0.508 e. The number of ketones is 1. The Balaban J connectivity index is 2.33. The van der Waals surface area contributed by atoms with Crippen molar-refractivity contribution in [3.8, 4) is 11.8 Å². The molecule has 0 radical (unpaired) electrons. The van der Waals surface area contributed by atoms with Gasteiger partial charge in [0.2, 0.25) is 5.91 Å². The van der Waals surface area contributed by atoms with E-state index in [9.17, 15) is 19.5 Å². The van der Waals surface area contributed by atoms with Crippen molar-refractivity contribution in [2.24, 2.45) is 5.41 Å². The van der Waals surface area contributed by atoms with Gasteiger partial charge in [0, 0.05) is 19.5 Å². The Hall–Kier alpha value is -3.34. The van der Waals surface area contributed by atoms with Crippen LogP contribution in [-0.2, 0) is 20.9 Å². The van der Waals surface area contributed by atoms with Gasteiger partial charge in [-0.2, -0.15) is 5.26 Å².